The summed E-state index contributed by atoms with van der Waals surface area (Å²) in [5.41, 5.74) is 6.48. The van der Waals surface area contributed by atoms with Crippen LogP contribution in [0.4, 0.5) is 11.5 Å². The van der Waals surface area contributed by atoms with Gasteiger partial charge in [-0.2, -0.15) is 0 Å². The van der Waals surface area contributed by atoms with Crippen molar-refractivity contribution in [2.45, 2.75) is 6.42 Å². The molecule has 0 atom stereocenters. The van der Waals surface area contributed by atoms with Gasteiger partial charge in [-0.05, 0) is 56.4 Å². The minimum Gasteiger partial charge on any atom is -0.351 e. The van der Waals surface area contributed by atoms with Crippen molar-refractivity contribution in [1.82, 2.24) is 25.2 Å². The topological polar surface area (TPSA) is 74.2 Å². The second-order valence-corrected chi connectivity index (χ2v) is 8.43. The molecule has 0 spiro atoms. The van der Waals surface area contributed by atoms with E-state index in [4.69, 9.17) is 4.98 Å². The lowest BCUT2D eigenvalue weighted by Crippen LogP contribution is -2.31. The van der Waals surface area contributed by atoms with E-state index in [0.717, 1.165) is 47.6 Å². The van der Waals surface area contributed by atoms with Gasteiger partial charge in [0.2, 0.25) is 0 Å². The molecule has 33 heavy (non-hydrogen) atoms. The van der Waals surface area contributed by atoms with Gasteiger partial charge >= 0.3 is 0 Å². The smallest absolute Gasteiger partial charge is 0.251 e. The Morgan fingerprint density at radius 1 is 1.03 bits per heavy atom. The Morgan fingerprint density at radius 3 is 2.67 bits per heavy atom. The lowest BCUT2D eigenvalue weighted by atomic mass is 10.1. The van der Waals surface area contributed by atoms with E-state index in [1.807, 2.05) is 55.4 Å². The predicted octanol–water partition coefficient (Wildman–Crippen LogP) is 3.68. The summed E-state index contributed by atoms with van der Waals surface area (Å²) in [6.45, 7) is 2.29. The summed E-state index contributed by atoms with van der Waals surface area (Å²) < 4.78 is 0. The Hall–Kier alpha value is -3.84. The number of para-hydroxylation sites is 1. The van der Waals surface area contributed by atoms with Crippen LogP contribution in [0.2, 0.25) is 0 Å². The molecule has 1 amide bonds. The average molecular weight is 439 g/mol. The summed E-state index contributed by atoms with van der Waals surface area (Å²) in [7, 11) is 3.97. The lowest BCUT2D eigenvalue weighted by molar-refractivity contribution is 0.0951. The zero-order valence-electron chi connectivity index (χ0n) is 18.8. The molecule has 0 saturated heterocycles. The van der Waals surface area contributed by atoms with Crippen LogP contribution in [0.15, 0.2) is 67.0 Å². The number of carbonyl (C=O) groups is 1. The Bertz CT molecular complexity index is 1300. The Kier molecular flexibility index (Phi) is 5.71. The van der Waals surface area contributed by atoms with Gasteiger partial charge in [0.15, 0.2) is 5.82 Å². The van der Waals surface area contributed by atoms with Crippen molar-refractivity contribution in [3.05, 3.63) is 78.1 Å². The first-order valence-corrected chi connectivity index (χ1v) is 11.1. The highest BCUT2D eigenvalue weighted by molar-refractivity contribution is 5.95. The van der Waals surface area contributed by atoms with E-state index in [2.05, 4.69) is 44.5 Å². The molecule has 4 aromatic rings. The van der Waals surface area contributed by atoms with Crippen LogP contribution in [0.1, 0.15) is 15.9 Å². The van der Waals surface area contributed by atoms with Crippen LogP contribution in [0.25, 0.3) is 22.3 Å². The van der Waals surface area contributed by atoms with Gasteiger partial charge in [0.05, 0.1) is 11.2 Å². The molecule has 7 nitrogen and oxygen atoms in total. The Morgan fingerprint density at radius 2 is 1.85 bits per heavy atom. The molecule has 0 saturated carbocycles. The van der Waals surface area contributed by atoms with Gasteiger partial charge in [0, 0.05) is 36.4 Å². The Balaban J connectivity index is 1.43. The molecular weight excluding hydrogens is 412 g/mol. The molecule has 0 aliphatic carbocycles. The van der Waals surface area contributed by atoms with E-state index in [1.54, 1.807) is 6.33 Å². The van der Waals surface area contributed by atoms with Gasteiger partial charge in [0.25, 0.3) is 5.91 Å². The SMILES string of the molecule is CN(C)CCNC(=O)c1ccc(-c2ccc3ncnc(N4CCc5ccccc54)c3n2)cc1. The molecular formula is C26H26N6O. The van der Waals surface area contributed by atoms with Gasteiger partial charge in [-0.3, -0.25) is 4.79 Å². The quantitative estimate of drug-likeness (QED) is 0.495. The maximum absolute atomic E-state index is 12.4. The third-order valence-corrected chi connectivity index (χ3v) is 5.89. The van der Waals surface area contributed by atoms with Crippen molar-refractivity contribution >= 4 is 28.4 Å². The first-order valence-electron chi connectivity index (χ1n) is 11.1. The first-order chi connectivity index (χ1) is 16.1. The number of amides is 1. The van der Waals surface area contributed by atoms with Gasteiger partial charge in [-0.25, -0.2) is 15.0 Å². The number of likely N-dealkylation sites (N-methyl/N-ethyl adjacent to an activating group) is 1. The highest BCUT2D eigenvalue weighted by Crippen LogP contribution is 2.36. The maximum Gasteiger partial charge on any atom is 0.251 e. The third kappa shape index (κ3) is 4.27. The van der Waals surface area contributed by atoms with Gasteiger partial charge in [0.1, 0.15) is 11.8 Å². The molecule has 0 fully saturated rings. The van der Waals surface area contributed by atoms with Crippen LogP contribution in [-0.4, -0.2) is 59.5 Å². The van der Waals surface area contributed by atoms with Crippen molar-refractivity contribution in [1.29, 1.82) is 0 Å². The fourth-order valence-corrected chi connectivity index (χ4v) is 4.13. The summed E-state index contributed by atoms with van der Waals surface area (Å²) >= 11 is 0. The number of carbonyl (C=O) groups excluding carboxylic acids is 1. The van der Waals surface area contributed by atoms with E-state index < -0.39 is 0 Å². The van der Waals surface area contributed by atoms with Crippen LogP contribution < -0.4 is 10.2 Å². The second kappa shape index (κ2) is 8.96. The summed E-state index contributed by atoms with van der Waals surface area (Å²) in [5, 5.41) is 2.94. The highest BCUT2D eigenvalue weighted by atomic mass is 16.1. The van der Waals surface area contributed by atoms with Crippen LogP contribution in [-0.2, 0) is 6.42 Å². The molecule has 166 valence electrons. The summed E-state index contributed by atoms with van der Waals surface area (Å²) in [6, 6.07) is 19.9. The van der Waals surface area contributed by atoms with Gasteiger partial charge in [-0.15, -0.1) is 0 Å². The highest BCUT2D eigenvalue weighted by Gasteiger charge is 2.23. The van der Waals surface area contributed by atoms with Crippen molar-refractivity contribution in [3.8, 4) is 11.3 Å². The average Bonchev–Trinajstić information content (AvgIpc) is 3.27. The summed E-state index contributed by atoms with van der Waals surface area (Å²) in [4.78, 5) is 30.6. The number of aromatic nitrogens is 3. The maximum atomic E-state index is 12.4. The molecule has 0 radical (unpaired) electrons. The van der Waals surface area contributed by atoms with Gasteiger partial charge in [-0.1, -0.05) is 30.3 Å². The van der Waals surface area contributed by atoms with Crippen LogP contribution in [0.3, 0.4) is 0 Å². The van der Waals surface area contributed by atoms with Crippen molar-refractivity contribution in [2.75, 3.05) is 38.6 Å². The predicted molar refractivity (Wildman–Crippen MR) is 131 cm³/mol. The second-order valence-electron chi connectivity index (χ2n) is 8.43. The van der Waals surface area contributed by atoms with E-state index in [1.165, 1.54) is 11.3 Å². The standard InChI is InChI=1S/C26H26N6O/c1-31(2)16-14-27-26(33)20-9-7-18(8-10-20)21-11-12-22-24(30-21)25(29-17-28-22)32-15-13-19-5-3-4-6-23(19)32/h3-12,17H,13-16H2,1-2H3,(H,27,33). The van der Waals surface area contributed by atoms with Crippen molar-refractivity contribution in [3.63, 3.8) is 0 Å². The van der Waals surface area contributed by atoms with Crippen molar-refractivity contribution < 1.29 is 4.79 Å². The number of fused-ring (bicyclic) bond motifs is 2. The van der Waals surface area contributed by atoms with Crippen LogP contribution in [0, 0.1) is 0 Å². The number of rotatable bonds is 6. The molecule has 7 heteroatoms. The Labute approximate surface area is 193 Å². The van der Waals surface area contributed by atoms with Gasteiger partial charge < -0.3 is 15.1 Å². The zero-order chi connectivity index (χ0) is 22.8. The molecule has 2 aromatic heterocycles. The summed E-state index contributed by atoms with van der Waals surface area (Å²) in [5.74, 6) is 0.752. The first kappa shape index (κ1) is 21.0. The molecule has 3 heterocycles. The molecule has 1 N–H and O–H groups in total. The van der Waals surface area contributed by atoms with Crippen LogP contribution >= 0.6 is 0 Å². The van der Waals surface area contributed by atoms with E-state index in [0.29, 0.717) is 12.1 Å². The molecule has 2 aromatic carbocycles. The number of nitrogens with one attached hydrogen (secondary N) is 1. The fourth-order valence-electron chi connectivity index (χ4n) is 4.13. The molecule has 5 rings (SSSR count). The molecule has 1 aliphatic heterocycles. The number of hydrogen-bond donors (Lipinski definition) is 1. The van der Waals surface area contributed by atoms with E-state index in [9.17, 15) is 4.79 Å². The minimum atomic E-state index is -0.0711. The number of anilines is 2. The molecule has 0 unspecified atom stereocenters. The number of nitrogens with zero attached hydrogens (tertiary/aromatic N) is 5. The number of hydrogen-bond acceptors (Lipinski definition) is 6. The zero-order valence-corrected chi connectivity index (χ0v) is 18.8. The minimum absolute atomic E-state index is 0.0711. The number of benzene rings is 2. The summed E-state index contributed by atoms with van der Waals surface area (Å²) in [6.07, 6.45) is 2.59. The fraction of sp³-hybridized carbons (Fsp3) is 0.231. The van der Waals surface area contributed by atoms with E-state index >= 15 is 0 Å². The normalized spacial score (nSPS) is 12.9. The number of pyridine rings is 1. The van der Waals surface area contributed by atoms with E-state index in [-0.39, 0.29) is 5.91 Å². The molecule has 0 bridgehead atoms. The van der Waals surface area contributed by atoms with Crippen molar-refractivity contribution in [2.24, 2.45) is 0 Å². The largest absolute Gasteiger partial charge is 0.351 e. The third-order valence-electron chi connectivity index (χ3n) is 5.89. The lowest BCUT2D eigenvalue weighted by Gasteiger charge is -2.19. The molecule has 1 aliphatic rings. The monoisotopic (exact) mass is 438 g/mol. The van der Waals surface area contributed by atoms with Crippen LogP contribution in [0.5, 0.6) is 0 Å².